The molecule has 1 heteroatoms. The molecule has 0 fully saturated rings. The van der Waals surface area contributed by atoms with E-state index in [2.05, 4.69) is 243 Å². The fraction of sp³-hybridized carbons (Fsp3) is 0.0820. The van der Waals surface area contributed by atoms with E-state index in [0.717, 1.165) is 29.9 Å². The van der Waals surface area contributed by atoms with Gasteiger partial charge in [-0.3, -0.25) is 0 Å². The van der Waals surface area contributed by atoms with Gasteiger partial charge >= 0.3 is 0 Å². The SMILES string of the molecule is CC1(C)C2=C(CCC=C2)c2cccc(-c3ccc(N(c4ccc(-c5ccc(-c6cccc(-c7ccc8ccccc8c7)c6)cc5)cc4)c4cccc(-c5ccccc5)c4)cc3)c21. The summed E-state index contributed by atoms with van der Waals surface area (Å²) in [5.74, 6) is 0. The Morgan fingerprint density at radius 1 is 0.371 bits per heavy atom. The lowest BCUT2D eigenvalue weighted by Crippen LogP contribution is -2.17. The van der Waals surface area contributed by atoms with Crippen LogP contribution in [0.5, 0.6) is 0 Å². The predicted octanol–water partition coefficient (Wildman–Crippen LogP) is 17.0. The Morgan fingerprint density at radius 2 is 0.871 bits per heavy atom. The summed E-state index contributed by atoms with van der Waals surface area (Å²) in [5, 5.41) is 2.52. The van der Waals surface area contributed by atoms with Crippen LogP contribution in [0.1, 0.15) is 37.8 Å². The second-order valence-corrected chi connectivity index (χ2v) is 17.3. The van der Waals surface area contributed by atoms with Crippen LogP contribution in [0.3, 0.4) is 0 Å². The van der Waals surface area contributed by atoms with Crippen molar-refractivity contribution in [1.82, 2.24) is 0 Å². The van der Waals surface area contributed by atoms with Crippen molar-refractivity contribution in [2.75, 3.05) is 4.90 Å². The molecule has 0 amide bonds. The third-order valence-corrected chi connectivity index (χ3v) is 13.1. The van der Waals surface area contributed by atoms with Crippen molar-refractivity contribution in [3.8, 4) is 55.6 Å². The summed E-state index contributed by atoms with van der Waals surface area (Å²) >= 11 is 0. The number of allylic oxidation sites excluding steroid dienone is 4. The molecule has 0 saturated carbocycles. The summed E-state index contributed by atoms with van der Waals surface area (Å²) in [6, 6.07) is 77.8. The van der Waals surface area contributed by atoms with Crippen LogP contribution in [0.4, 0.5) is 17.1 Å². The highest BCUT2D eigenvalue weighted by molar-refractivity contribution is 5.91. The Hall–Kier alpha value is -7.48. The number of nitrogens with zero attached hydrogens (tertiary/aromatic N) is 1. The topological polar surface area (TPSA) is 3.24 Å². The van der Waals surface area contributed by atoms with Crippen molar-refractivity contribution in [3.63, 3.8) is 0 Å². The minimum absolute atomic E-state index is 0.0354. The van der Waals surface area contributed by atoms with Crippen molar-refractivity contribution in [2.24, 2.45) is 0 Å². The summed E-state index contributed by atoms with van der Waals surface area (Å²) in [6.07, 6.45) is 6.96. The van der Waals surface area contributed by atoms with Crippen LogP contribution >= 0.6 is 0 Å². The molecular weight excluding hydrogens is 747 g/mol. The van der Waals surface area contributed by atoms with E-state index in [-0.39, 0.29) is 5.41 Å². The van der Waals surface area contributed by atoms with Crippen molar-refractivity contribution in [2.45, 2.75) is 32.1 Å². The third-order valence-electron chi connectivity index (χ3n) is 13.1. The smallest absolute Gasteiger partial charge is 0.0467 e. The fourth-order valence-electron chi connectivity index (χ4n) is 9.98. The number of hydrogen-bond donors (Lipinski definition) is 0. The van der Waals surface area contributed by atoms with Gasteiger partial charge < -0.3 is 4.90 Å². The van der Waals surface area contributed by atoms with Gasteiger partial charge in [0.2, 0.25) is 0 Å². The molecule has 296 valence electrons. The summed E-state index contributed by atoms with van der Waals surface area (Å²) in [4.78, 5) is 2.38. The van der Waals surface area contributed by atoms with E-state index in [1.807, 2.05) is 0 Å². The van der Waals surface area contributed by atoms with Gasteiger partial charge in [-0.2, -0.15) is 0 Å². The lowest BCUT2D eigenvalue weighted by atomic mass is 9.77. The summed E-state index contributed by atoms with van der Waals surface area (Å²) < 4.78 is 0. The number of anilines is 3. The zero-order valence-corrected chi connectivity index (χ0v) is 35.2. The summed E-state index contributed by atoms with van der Waals surface area (Å²) in [6.45, 7) is 4.79. The standard InChI is InChI=1S/C61H47N/c1-61(2)59-24-9-8-21-57(59)58-23-12-22-56(60(58)61)47-33-37-54(38-34-47)62(55-20-11-19-51(41-55)42-13-4-3-5-14-42)53-35-31-45(32-36-53)44-25-27-46(28-26-44)49-17-10-18-50(39-49)52-30-29-43-15-6-7-16-48(43)40-52/h3-7,9-20,22-41H,8,21H2,1-2H3. The van der Waals surface area contributed by atoms with Gasteiger partial charge in [0.15, 0.2) is 0 Å². The second-order valence-electron chi connectivity index (χ2n) is 17.3. The van der Waals surface area contributed by atoms with Crippen molar-refractivity contribution in [1.29, 1.82) is 0 Å². The van der Waals surface area contributed by atoms with Crippen LogP contribution < -0.4 is 4.90 Å². The summed E-state index contributed by atoms with van der Waals surface area (Å²) in [5.41, 5.74) is 21.4. The lowest BCUT2D eigenvalue weighted by molar-refractivity contribution is 0.653. The fourth-order valence-corrected chi connectivity index (χ4v) is 9.98. The van der Waals surface area contributed by atoms with E-state index in [4.69, 9.17) is 0 Å². The van der Waals surface area contributed by atoms with Gasteiger partial charge in [-0.15, -0.1) is 0 Å². The number of hydrogen-bond acceptors (Lipinski definition) is 1. The Balaban J connectivity index is 0.910. The molecule has 0 heterocycles. The highest BCUT2D eigenvalue weighted by Crippen LogP contribution is 2.53. The van der Waals surface area contributed by atoms with Crippen LogP contribution in [0, 0.1) is 0 Å². The van der Waals surface area contributed by atoms with Gasteiger partial charge in [0.25, 0.3) is 0 Å². The summed E-state index contributed by atoms with van der Waals surface area (Å²) in [7, 11) is 0. The van der Waals surface area contributed by atoms with Gasteiger partial charge in [-0.1, -0.05) is 190 Å². The highest BCUT2D eigenvalue weighted by atomic mass is 15.1. The maximum Gasteiger partial charge on any atom is 0.0467 e. The molecule has 0 spiro atoms. The van der Waals surface area contributed by atoms with E-state index < -0.39 is 0 Å². The van der Waals surface area contributed by atoms with Crippen LogP contribution in [-0.2, 0) is 5.41 Å². The molecule has 0 aromatic heterocycles. The normalized spacial score (nSPS) is 13.8. The molecule has 2 aliphatic carbocycles. The van der Waals surface area contributed by atoms with Crippen molar-refractivity contribution >= 4 is 33.4 Å². The highest BCUT2D eigenvalue weighted by Gasteiger charge is 2.38. The third kappa shape index (κ3) is 6.77. The predicted molar refractivity (Wildman–Crippen MR) is 264 cm³/mol. The van der Waals surface area contributed by atoms with Crippen LogP contribution in [-0.4, -0.2) is 0 Å². The first kappa shape index (κ1) is 37.5. The van der Waals surface area contributed by atoms with Gasteiger partial charge in [-0.25, -0.2) is 0 Å². The minimum Gasteiger partial charge on any atom is -0.310 e. The molecule has 0 saturated heterocycles. The Labute approximate surface area is 365 Å². The maximum atomic E-state index is 2.40. The maximum absolute atomic E-state index is 2.40. The quantitative estimate of drug-likeness (QED) is 0.148. The van der Waals surface area contributed by atoms with Gasteiger partial charge in [0.05, 0.1) is 0 Å². The first-order valence-electron chi connectivity index (χ1n) is 21.9. The molecular formula is C61H47N. The zero-order chi connectivity index (χ0) is 41.6. The van der Waals surface area contributed by atoms with E-state index in [0.29, 0.717) is 0 Å². The molecule has 0 radical (unpaired) electrons. The van der Waals surface area contributed by atoms with Gasteiger partial charge in [-0.05, 0) is 150 Å². The lowest BCUT2D eigenvalue weighted by Gasteiger charge is -2.28. The van der Waals surface area contributed by atoms with E-state index in [1.54, 1.807) is 0 Å². The first-order chi connectivity index (χ1) is 30.5. The zero-order valence-electron chi connectivity index (χ0n) is 35.2. The van der Waals surface area contributed by atoms with Crippen LogP contribution in [0.2, 0.25) is 0 Å². The number of fused-ring (bicyclic) bond motifs is 3. The second kappa shape index (κ2) is 15.5. The molecule has 0 unspecified atom stereocenters. The number of rotatable bonds is 8. The van der Waals surface area contributed by atoms with Crippen molar-refractivity contribution in [3.05, 3.63) is 241 Å². The molecule has 2 aliphatic rings. The Bertz CT molecular complexity index is 3160. The first-order valence-corrected chi connectivity index (χ1v) is 21.9. The van der Waals surface area contributed by atoms with Crippen molar-refractivity contribution < 1.29 is 0 Å². The molecule has 1 nitrogen and oxygen atoms in total. The monoisotopic (exact) mass is 793 g/mol. The minimum atomic E-state index is -0.0354. The van der Waals surface area contributed by atoms with Crippen LogP contribution in [0.15, 0.2) is 230 Å². The molecule has 62 heavy (non-hydrogen) atoms. The molecule has 9 aromatic rings. The number of benzene rings is 9. The van der Waals surface area contributed by atoms with Gasteiger partial charge in [0, 0.05) is 22.5 Å². The molecule has 0 N–H and O–H groups in total. The molecule has 0 atom stereocenters. The molecule has 0 bridgehead atoms. The van der Waals surface area contributed by atoms with E-state index >= 15 is 0 Å². The van der Waals surface area contributed by atoms with Crippen LogP contribution in [0.25, 0.3) is 72.0 Å². The average molecular weight is 794 g/mol. The molecule has 11 rings (SSSR count). The molecule has 0 aliphatic heterocycles. The Kier molecular flexibility index (Phi) is 9.39. The van der Waals surface area contributed by atoms with E-state index in [1.165, 1.54) is 88.7 Å². The Morgan fingerprint density at radius 3 is 1.60 bits per heavy atom. The van der Waals surface area contributed by atoms with Gasteiger partial charge in [0.1, 0.15) is 0 Å². The average Bonchev–Trinajstić information content (AvgIpc) is 3.58. The largest absolute Gasteiger partial charge is 0.310 e. The molecule has 9 aromatic carbocycles. The van der Waals surface area contributed by atoms with E-state index in [9.17, 15) is 0 Å².